The van der Waals surface area contributed by atoms with E-state index in [-0.39, 0.29) is 0 Å². The Morgan fingerprint density at radius 2 is 2.30 bits per heavy atom. The highest BCUT2D eigenvalue weighted by Gasteiger charge is 2.22. The van der Waals surface area contributed by atoms with Gasteiger partial charge in [0.2, 0.25) is 0 Å². The van der Waals surface area contributed by atoms with Crippen LogP contribution in [0.15, 0.2) is 35.8 Å². The molecule has 1 N–H and O–H groups in total. The predicted octanol–water partition coefficient (Wildman–Crippen LogP) is 3.08. The molecular weight excluding hydrogens is 268 g/mol. The number of aromatic nitrogens is 3. The smallest absolute Gasteiger partial charge is 0.160 e. The van der Waals surface area contributed by atoms with Gasteiger partial charge >= 0.3 is 0 Å². The molecule has 0 radical (unpaired) electrons. The number of hydrogen-bond donors (Lipinski definition) is 1. The second kappa shape index (κ2) is 5.00. The Morgan fingerprint density at radius 3 is 3.10 bits per heavy atom. The average Bonchev–Trinajstić information content (AvgIpc) is 3.15. The molecule has 4 rings (SSSR count). The molecule has 5 heteroatoms. The Labute approximate surface area is 121 Å². The SMILES string of the molecule is c1csc(-c2nc3cccnc3n2C2CCCNC2)c1. The highest BCUT2D eigenvalue weighted by Crippen LogP contribution is 2.32. The van der Waals surface area contributed by atoms with Crippen LogP contribution in [0.5, 0.6) is 0 Å². The number of piperidine rings is 1. The molecule has 0 bridgehead atoms. The van der Waals surface area contributed by atoms with Crippen molar-refractivity contribution < 1.29 is 0 Å². The molecule has 1 atom stereocenters. The van der Waals surface area contributed by atoms with Crippen LogP contribution in [0.25, 0.3) is 21.9 Å². The summed E-state index contributed by atoms with van der Waals surface area (Å²) in [6.07, 6.45) is 4.25. The molecule has 3 aromatic rings. The second-order valence-electron chi connectivity index (χ2n) is 5.13. The fraction of sp³-hybridized carbons (Fsp3) is 0.333. The maximum absolute atomic E-state index is 4.81. The van der Waals surface area contributed by atoms with E-state index in [1.165, 1.54) is 17.7 Å². The average molecular weight is 284 g/mol. The molecule has 1 fully saturated rings. The zero-order chi connectivity index (χ0) is 13.4. The molecule has 0 aliphatic carbocycles. The molecule has 4 heterocycles. The maximum atomic E-state index is 4.81. The van der Waals surface area contributed by atoms with Crippen molar-refractivity contribution in [3.8, 4) is 10.7 Å². The molecule has 0 aromatic carbocycles. The number of imidazole rings is 1. The van der Waals surface area contributed by atoms with Crippen molar-refractivity contribution in [1.29, 1.82) is 0 Å². The van der Waals surface area contributed by atoms with E-state index in [1.54, 1.807) is 11.3 Å². The van der Waals surface area contributed by atoms with Crippen LogP contribution in [-0.4, -0.2) is 27.6 Å². The van der Waals surface area contributed by atoms with Crippen molar-refractivity contribution in [2.45, 2.75) is 18.9 Å². The van der Waals surface area contributed by atoms with E-state index in [9.17, 15) is 0 Å². The molecule has 0 spiro atoms. The highest BCUT2D eigenvalue weighted by atomic mass is 32.1. The number of rotatable bonds is 2. The topological polar surface area (TPSA) is 42.7 Å². The quantitative estimate of drug-likeness (QED) is 0.786. The molecule has 1 aliphatic rings. The minimum absolute atomic E-state index is 0.445. The lowest BCUT2D eigenvalue weighted by atomic mass is 10.1. The number of hydrogen-bond acceptors (Lipinski definition) is 4. The van der Waals surface area contributed by atoms with Crippen molar-refractivity contribution in [3.05, 3.63) is 35.8 Å². The van der Waals surface area contributed by atoms with Gasteiger partial charge in [0.25, 0.3) is 0 Å². The van der Waals surface area contributed by atoms with Crippen LogP contribution in [0, 0.1) is 0 Å². The van der Waals surface area contributed by atoms with Crippen LogP contribution < -0.4 is 5.32 Å². The largest absolute Gasteiger partial charge is 0.315 e. The molecule has 1 unspecified atom stereocenters. The standard InChI is InChI=1S/C15H16N4S/c1-4-11(10-16-7-1)19-14-12(5-2-8-17-14)18-15(19)13-6-3-9-20-13/h2-3,5-6,8-9,11,16H,1,4,7,10H2. The third kappa shape index (κ3) is 1.94. The molecule has 1 saturated heterocycles. The Morgan fingerprint density at radius 1 is 1.30 bits per heavy atom. The van der Waals surface area contributed by atoms with E-state index in [0.29, 0.717) is 6.04 Å². The van der Waals surface area contributed by atoms with Crippen LogP contribution in [0.3, 0.4) is 0 Å². The van der Waals surface area contributed by atoms with Crippen LogP contribution in [-0.2, 0) is 0 Å². The number of nitrogens with zero attached hydrogens (tertiary/aromatic N) is 3. The van der Waals surface area contributed by atoms with Gasteiger partial charge in [-0.2, -0.15) is 0 Å². The number of pyridine rings is 1. The molecule has 20 heavy (non-hydrogen) atoms. The number of fused-ring (bicyclic) bond motifs is 1. The summed E-state index contributed by atoms with van der Waals surface area (Å²) in [6, 6.07) is 8.67. The third-order valence-electron chi connectivity index (χ3n) is 3.83. The summed E-state index contributed by atoms with van der Waals surface area (Å²) in [5.74, 6) is 1.06. The first-order valence-electron chi connectivity index (χ1n) is 7.01. The monoisotopic (exact) mass is 284 g/mol. The second-order valence-corrected chi connectivity index (χ2v) is 6.08. The minimum atomic E-state index is 0.445. The molecule has 1 aliphatic heterocycles. The maximum Gasteiger partial charge on any atom is 0.160 e. The summed E-state index contributed by atoms with van der Waals surface area (Å²) in [4.78, 5) is 10.6. The first-order chi connectivity index (χ1) is 9.93. The molecular formula is C15H16N4S. The van der Waals surface area contributed by atoms with E-state index >= 15 is 0 Å². The molecule has 3 aromatic heterocycles. The summed E-state index contributed by atoms with van der Waals surface area (Å²) in [5.41, 5.74) is 1.99. The van der Waals surface area contributed by atoms with Crippen molar-refractivity contribution in [2.75, 3.05) is 13.1 Å². The summed E-state index contributed by atoms with van der Waals surface area (Å²) < 4.78 is 2.33. The summed E-state index contributed by atoms with van der Waals surface area (Å²) in [5, 5.41) is 5.59. The van der Waals surface area contributed by atoms with Crippen LogP contribution in [0.2, 0.25) is 0 Å². The first-order valence-corrected chi connectivity index (χ1v) is 7.89. The highest BCUT2D eigenvalue weighted by molar-refractivity contribution is 7.13. The molecule has 0 amide bonds. The molecule has 102 valence electrons. The Hall–Kier alpha value is -1.72. The third-order valence-corrected chi connectivity index (χ3v) is 4.69. The zero-order valence-electron chi connectivity index (χ0n) is 11.1. The van der Waals surface area contributed by atoms with Gasteiger partial charge in [0, 0.05) is 18.8 Å². The van der Waals surface area contributed by atoms with E-state index in [4.69, 9.17) is 4.98 Å². The van der Waals surface area contributed by atoms with Gasteiger partial charge in [0.05, 0.1) is 4.88 Å². The lowest BCUT2D eigenvalue weighted by Crippen LogP contribution is -2.32. The Bertz CT molecular complexity index is 711. The normalized spacial score (nSPS) is 19.5. The van der Waals surface area contributed by atoms with E-state index in [0.717, 1.165) is 30.1 Å². The lowest BCUT2D eigenvalue weighted by Gasteiger charge is -2.25. The van der Waals surface area contributed by atoms with Gasteiger partial charge < -0.3 is 9.88 Å². The van der Waals surface area contributed by atoms with Crippen LogP contribution >= 0.6 is 11.3 Å². The Balaban J connectivity index is 1.93. The fourth-order valence-corrected chi connectivity index (χ4v) is 3.62. The van der Waals surface area contributed by atoms with Crippen molar-refractivity contribution in [2.24, 2.45) is 0 Å². The van der Waals surface area contributed by atoms with Crippen molar-refractivity contribution >= 4 is 22.5 Å². The van der Waals surface area contributed by atoms with Crippen molar-refractivity contribution in [1.82, 2.24) is 19.9 Å². The first kappa shape index (κ1) is 12.1. The van der Waals surface area contributed by atoms with Gasteiger partial charge in [0.1, 0.15) is 5.52 Å². The van der Waals surface area contributed by atoms with Gasteiger partial charge in [-0.1, -0.05) is 6.07 Å². The zero-order valence-corrected chi connectivity index (χ0v) is 11.9. The van der Waals surface area contributed by atoms with Gasteiger partial charge in [-0.25, -0.2) is 9.97 Å². The van der Waals surface area contributed by atoms with E-state index in [2.05, 4.69) is 32.4 Å². The summed E-state index contributed by atoms with van der Waals surface area (Å²) in [7, 11) is 0. The van der Waals surface area contributed by atoms with E-state index < -0.39 is 0 Å². The molecule has 0 saturated carbocycles. The molecule has 4 nitrogen and oxygen atoms in total. The Kier molecular flexibility index (Phi) is 3.01. The van der Waals surface area contributed by atoms with Gasteiger partial charge in [-0.15, -0.1) is 11.3 Å². The van der Waals surface area contributed by atoms with Gasteiger partial charge in [-0.3, -0.25) is 0 Å². The number of thiophene rings is 1. The van der Waals surface area contributed by atoms with Crippen LogP contribution in [0.1, 0.15) is 18.9 Å². The van der Waals surface area contributed by atoms with Gasteiger partial charge in [-0.05, 0) is 43.0 Å². The predicted molar refractivity (Wildman–Crippen MR) is 82.0 cm³/mol. The minimum Gasteiger partial charge on any atom is -0.315 e. The van der Waals surface area contributed by atoms with Crippen molar-refractivity contribution in [3.63, 3.8) is 0 Å². The lowest BCUT2D eigenvalue weighted by molar-refractivity contribution is 0.379. The van der Waals surface area contributed by atoms with Gasteiger partial charge in [0.15, 0.2) is 11.5 Å². The fourth-order valence-electron chi connectivity index (χ4n) is 2.91. The van der Waals surface area contributed by atoms with E-state index in [1.807, 2.05) is 18.3 Å². The summed E-state index contributed by atoms with van der Waals surface area (Å²) in [6.45, 7) is 2.12. The number of nitrogens with one attached hydrogen (secondary N) is 1. The summed E-state index contributed by atoms with van der Waals surface area (Å²) >= 11 is 1.74. The van der Waals surface area contributed by atoms with Crippen LogP contribution in [0.4, 0.5) is 0 Å².